The number of aromatic nitrogens is 1. The number of para-hydroxylation sites is 1. The molecule has 0 aliphatic carbocycles. The zero-order valence-corrected chi connectivity index (χ0v) is 29.3. The minimum Gasteiger partial charge on any atom is -0.321 e. The van der Waals surface area contributed by atoms with Crippen molar-refractivity contribution in [3.63, 3.8) is 0 Å². The fourth-order valence-electron chi connectivity index (χ4n) is 5.21. The number of hydrogen-bond donors (Lipinski definition) is 3. The Kier molecular flexibility index (Phi) is 11.3. The first-order valence-electron chi connectivity index (χ1n) is 16.0. The zero-order valence-electron chi connectivity index (χ0n) is 27.7. The molecular formula is C40H31N5O5S2. The maximum Gasteiger partial charge on any atom is 0.276 e. The summed E-state index contributed by atoms with van der Waals surface area (Å²) >= 11 is 2.76. The van der Waals surface area contributed by atoms with E-state index in [1.54, 1.807) is 60.7 Å². The van der Waals surface area contributed by atoms with E-state index in [-0.39, 0.29) is 22.9 Å². The zero-order chi connectivity index (χ0) is 36.5. The number of nitrogens with one attached hydrogen (secondary N) is 3. The fraction of sp³-hybridized carbons (Fsp3) is 0.0500. The lowest BCUT2D eigenvalue weighted by Gasteiger charge is -2.17. The normalized spacial score (nSPS) is 11.7. The largest absolute Gasteiger partial charge is 0.321 e. The molecule has 3 amide bonds. The molecule has 1 heterocycles. The third kappa shape index (κ3) is 8.85. The SMILES string of the molecule is Cc1sc(NC(=O)C(Sc2ccc(NC(=O)/C(=C/c3ccccc3[N+](=O)[O-])NC(=O)c3ccccc3)cc2)c2ccccc2)nc1-c1ccccc1. The molecule has 6 aromatic rings. The number of amides is 3. The van der Waals surface area contributed by atoms with Crippen molar-refractivity contribution in [2.75, 3.05) is 10.6 Å². The Bertz CT molecular complexity index is 2240. The van der Waals surface area contributed by atoms with Crippen molar-refractivity contribution >= 4 is 63.4 Å². The van der Waals surface area contributed by atoms with Gasteiger partial charge < -0.3 is 16.0 Å². The fourth-order valence-corrected chi connectivity index (χ4v) is 7.07. The molecule has 52 heavy (non-hydrogen) atoms. The van der Waals surface area contributed by atoms with Gasteiger partial charge in [0.25, 0.3) is 17.5 Å². The minimum atomic E-state index is -0.682. The molecule has 5 aromatic carbocycles. The first kappa shape index (κ1) is 35.5. The summed E-state index contributed by atoms with van der Waals surface area (Å²) in [6.07, 6.45) is 1.27. The van der Waals surface area contributed by atoms with Crippen LogP contribution in [0.15, 0.2) is 150 Å². The first-order valence-corrected chi connectivity index (χ1v) is 17.7. The van der Waals surface area contributed by atoms with Crippen molar-refractivity contribution in [3.05, 3.63) is 177 Å². The quantitative estimate of drug-likeness (QED) is 0.0495. The van der Waals surface area contributed by atoms with E-state index in [1.165, 1.54) is 47.4 Å². The van der Waals surface area contributed by atoms with Gasteiger partial charge in [-0.25, -0.2) is 4.98 Å². The number of anilines is 2. The van der Waals surface area contributed by atoms with Crippen LogP contribution in [0.3, 0.4) is 0 Å². The smallest absolute Gasteiger partial charge is 0.276 e. The Morgan fingerprint density at radius 1 is 0.788 bits per heavy atom. The van der Waals surface area contributed by atoms with Crippen LogP contribution < -0.4 is 16.0 Å². The molecule has 0 saturated carbocycles. The summed E-state index contributed by atoms with van der Waals surface area (Å²) in [5.41, 5.74) is 3.05. The maximum absolute atomic E-state index is 13.8. The minimum absolute atomic E-state index is 0.146. The van der Waals surface area contributed by atoms with E-state index in [1.807, 2.05) is 67.6 Å². The highest BCUT2D eigenvalue weighted by atomic mass is 32.2. The van der Waals surface area contributed by atoms with E-state index in [0.29, 0.717) is 16.4 Å². The van der Waals surface area contributed by atoms with Crippen LogP contribution in [-0.4, -0.2) is 27.6 Å². The number of thiazole rings is 1. The van der Waals surface area contributed by atoms with Gasteiger partial charge >= 0.3 is 0 Å². The van der Waals surface area contributed by atoms with Gasteiger partial charge in [0.15, 0.2) is 5.13 Å². The van der Waals surface area contributed by atoms with Crippen LogP contribution in [0.1, 0.15) is 31.6 Å². The highest BCUT2D eigenvalue weighted by Crippen LogP contribution is 2.38. The molecule has 0 aliphatic heterocycles. The lowest BCUT2D eigenvalue weighted by molar-refractivity contribution is -0.385. The summed E-state index contributed by atoms with van der Waals surface area (Å²) in [5.74, 6) is -1.47. The van der Waals surface area contributed by atoms with E-state index in [2.05, 4.69) is 16.0 Å². The van der Waals surface area contributed by atoms with Crippen LogP contribution in [0.2, 0.25) is 0 Å². The van der Waals surface area contributed by atoms with Crippen LogP contribution in [-0.2, 0) is 9.59 Å². The number of rotatable bonds is 12. The molecule has 0 aliphatic rings. The summed E-state index contributed by atoms with van der Waals surface area (Å²) in [6, 6.07) is 40.4. The maximum atomic E-state index is 13.8. The number of carbonyl (C=O) groups excluding carboxylic acids is 3. The monoisotopic (exact) mass is 725 g/mol. The molecule has 3 N–H and O–H groups in total. The lowest BCUT2D eigenvalue weighted by atomic mass is 10.1. The molecule has 0 radical (unpaired) electrons. The second-order valence-corrected chi connectivity index (χ2v) is 13.7. The van der Waals surface area contributed by atoms with Gasteiger partial charge in [-0.15, -0.1) is 23.1 Å². The van der Waals surface area contributed by atoms with Gasteiger partial charge in [0.2, 0.25) is 5.91 Å². The van der Waals surface area contributed by atoms with Crippen molar-refractivity contribution in [1.29, 1.82) is 0 Å². The van der Waals surface area contributed by atoms with E-state index in [9.17, 15) is 24.5 Å². The molecule has 12 heteroatoms. The molecule has 6 rings (SSSR count). The molecular weight excluding hydrogens is 695 g/mol. The number of hydrogen-bond acceptors (Lipinski definition) is 8. The second-order valence-electron chi connectivity index (χ2n) is 11.4. The Hall–Kier alpha value is -6.37. The predicted octanol–water partition coefficient (Wildman–Crippen LogP) is 8.91. The Balaban J connectivity index is 1.20. The van der Waals surface area contributed by atoms with Gasteiger partial charge in [0, 0.05) is 32.7 Å². The highest BCUT2D eigenvalue weighted by molar-refractivity contribution is 8.00. The lowest BCUT2D eigenvalue weighted by Crippen LogP contribution is -2.30. The molecule has 0 saturated heterocycles. The number of nitrogens with zero attached hydrogens (tertiary/aromatic N) is 2. The number of carbonyl (C=O) groups is 3. The van der Waals surface area contributed by atoms with Crippen LogP contribution in [0.4, 0.5) is 16.5 Å². The van der Waals surface area contributed by atoms with E-state index in [0.717, 1.165) is 26.6 Å². The molecule has 10 nitrogen and oxygen atoms in total. The molecule has 0 fully saturated rings. The van der Waals surface area contributed by atoms with E-state index >= 15 is 0 Å². The predicted molar refractivity (Wildman–Crippen MR) is 206 cm³/mol. The molecule has 1 aromatic heterocycles. The summed E-state index contributed by atoms with van der Waals surface area (Å²) in [7, 11) is 0. The Morgan fingerprint density at radius 3 is 2.08 bits per heavy atom. The van der Waals surface area contributed by atoms with Gasteiger partial charge in [-0.3, -0.25) is 24.5 Å². The van der Waals surface area contributed by atoms with Gasteiger partial charge in [0.1, 0.15) is 10.9 Å². The van der Waals surface area contributed by atoms with Crippen molar-refractivity contribution in [2.45, 2.75) is 17.1 Å². The van der Waals surface area contributed by atoms with Gasteiger partial charge in [-0.1, -0.05) is 91.0 Å². The number of nitro benzene ring substituents is 1. The number of aryl methyl sites for hydroxylation is 1. The van der Waals surface area contributed by atoms with E-state index < -0.39 is 22.0 Å². The first-order chi connectivity index (χ1) is 25.2. The molecule has 1 atom stereocenters. The second kappa shape index (κ2) is 16.6. The topological polar surface area (TPSA) is 143 Å². The standard InChI is InChI=1S/C40H31N5O5S2/c1-26-35(27-13-5-2-6-14-27)43-40(51-26)44-39(48)36(28-15-7-3-8-16-28)52-32-23-21-31(22-24-32)41-38(47)33(42-37(46)29-17-9-4-10-18-29)25-30-19-11-12-20-34(30)45(49)50/h2-25,36H,1H3,(H,41,47)(H,42,46)(H,43,44,48)/b33-25-. The van der Waals surface area contributed by atoms with Crippen LogP contribution in [0.5, 0.6) is 0 Å². The van der Waals surface area contributed by atoms with E-state index in [4.69, 9.17) is 4.98 Å². The van der Waals surface area contributed by atoms with Gasteiger partial charge in [-0.2, -0.15) is 0 Å². The molecule has 1 unspecified atom stereocenters. The summed E-state index contributed by atoms with van der Waals surface area (Å²) < 4.78 is 0. The molecule has 258 valence electrons. The van der Waals surface area contributed by atoms with Crippen LogP contribution in [0.25, 0.3) is 17.3 Å². The third-order valence-electron chi connectivity index (χ3n) is 7.74. The number of nitro groups is 1. The number of benzene rings is 5. The van der Waals surface area contributed by atoms with Crippen molar-refractivity contribution in [1.82, 2.24) is 10.3 Å². The van der Waals surface area contributed by atoms with Crippen molar-refractivity contribution < 1.29 is 19.3 Å². The average Bonchev–Trinajstić information content (AvgIpc) is 3.54. The summed E-state index contributed by atoms with van der Waals surface area (Å²) in [6.45, 7) is 1.97. The Morgan fingerprint density at radius 2 is 1.40 bits per heavy atom. The summed E-state index contributed by atoms with van der Waals surface area (Å²) in [4.78, 5) is 57.9. The van der Waals surface area contributed by atoms with Crippen molar-refractivity contribution in [2.24, 2.45) is 0 Å². The Labute approximate surface area is 307 Å². The van der Waals surface area contributed by atoms with Gasteiger partial charge in [-0.05, 0) is 61.0 Å². The molecule has 0 spiro atoms. The number of thioether (sulfide) groups is 1. The highest BCUT2D eigenvalue weighted by Gasteiger charge is 2.24. The molecule has 0 bridgehead atoms. The van der Waals surface area contributed by atoms with Crippen LogP contribution in [0, 0.1) is 17.0 Å². The summed E-state index contributed by atoms with van der Waals surface area (Å²) in [5, 5.41) is 19.9. The van der Waals surface area contributed by atoms with Crippen LogP contribution >= 0.6 is 23.1 Å². The third-order valence-corrected chi connectivity index (χ3v) is 9.90. The average molecular weight is 726 g/mol. The van der Waals surface area contributed by atoms with Crippen molar-refractivity contribution in [3.8, 4) is 11.3 Å². The van der Waals surface area contributed by atoms with Gasteiger partial charge in [0.05, 0.1) is 16.2 Å².